The van der Waals surface area contributed by atoms with Crippen LogP contribution in [0.2, 0.25) is 0 Å². The molecule has 0 radical (unpaired) electrons. The van der Waals surface area contributed by atoms with E-state index < -0.39 is 0 Å². The van der Waals surface area contributed by atoms with Crippen molar-refractivity contribution in [2.24, 2.45) is 5.92 Å². The summed E-state index contributed by atoms with van der Waals surface area (Å²) < 4.78 is 1.93. The van der Waals surface area contributed by atoms with Crippen molar-refractivity contribution < 1.29 is 0 Å². The van der Waals surface area contributed by atoms with Gasteiger partial charge in [-0.3, -0.25) is 25.5 Å². The Hall–Kier alpha value is -3.33. The van der Waals surface area contributed by atoms with Crippen LogP contribution in [0.25, 0.3) is 22.2 Å². The number of pyridine rings is 2. The number of nitrogens with zero attached hydrogens (tertiary/aromatic N) is 6. The molecule has 3 aromatic rings. The number of nitriles is 2. The summed E-state index contributed by atoms with van der Waals surface area (Å²) in [7, 11) is 0. The Bertz CT molecular complexity index is 1160. The minimum Gasteiger partial charge on any atom is -0.265 e. The summed E-state index contributed by atoms with van der Waals surface area (Å²) >= 11 is 0. The van der Waals surface area contributed by atoms with Crippen LogP contribution in [0.5, 0.6) is 0 Å². The van der Waals surface area contributed by atoms with E-state index in [1.54, 1.807) is 6.20 Å². The number of hydrazine groups is 1. The van der Waals surface area contributed by atoms with Crippen LogP contribution < -0.4 is 10.9 Å². The van der Waals surface area contributed by atoms with Gasteiger partial charge in [0.1, 0.15) is 0 Å². The smallest absolute Gasteiger partial charge is 0.0830 e. The van der Waals surface area contributed by atoms with Crippen LogP contribution in [0.15, 0.2) is 36.8 Å². The zero-order valence-corrected chi connectivity index (χ0v) is 16.5. The second-order valence-electron chi connectivity index (χ2n) is 8.29. The standard InChI is InChI=1S/C22H22N8/c23-5-3-15-9-22(10-15,4-6-24)30-14-17(13-28-30)21-18-2-1-7-25-20(18)8-19(29-21)16-11-26-27-12-16/h1-2,7-8,13-16,26-27H,3-4,9-12H2. The first-order chi connectivity index (χ1) is 14.7. The molecule has 1 aliphatic carbocycles. The largest absolute Gasteiger partial charge is 0.265 e. The van der Waals surface area contributed by atoms with E-state index in [0.717, 1.165) is 53.8 Å². The molecule has 150 valence electrons. The number of aromatic nitrogens is 4. The fraction of sp³-hybridized carbons (Fsp3) is 0.409. The van der Waals surface area contributed by atoms with Crippen LogP contribution in [-0.2, 0) is 5.54 Å². The molecule has 8 heteroatoms. The molecule has 0 aromatic carbocycles. The van der Waals surface area contributed by atoms with Crippen molar-refractivity contribution in [3.63, 3.8) is 0 Å². The lowest BCUT2D eigenvalue weighted by atomic mass is 9.66. The minimum absolute atomic E-state index is 0.286. The molecular weight excluding hydrogens is 376 g/mol. The van der Waals surface area contributed by atoms with Crippen molar-refractivity contribution in [3.8, 4) is 23.4 Å². The maximum atomic E-state index is 9.38. The molecule has 4 heterocycles. The molecule has 5 rings (SSSR count). The van der Waals surface area contributed by atoms with Gasteiger partial charge in [-0.05, 0) is 37.0 Å². The van der Waals surface area contributed by atoms with Gasteiger partial charge in [0.15, 0.2) is 0 Å². The van der Waals surface area contributed by atoms with Crippen molar-refractivity contribution in [3.05, 3.63) is 42.5 Å². The molecule has 0 spiro atoms. The van der Waals surface area contributed by atoms with Crippen LogP contribution in [-0.4, -0.2) is 32.8 Å². The van der Waals surface area contributed by atoms with E-state index in [1.807, 2.05) is 29.2 Å². The average molecular weight is 398 g/mol. The Kier molecular flexibility index (Phi) is 4.66. The summed E-state index contributed by atoms with van der Waals surface area (Å²) in [5.41, 5.74) is 9.73. The van der Waals surface area contributed by atoms with Crippen molar-refractivity contribution in [1.29, 1.82) is 10.5 Å². The molecule has 0 unspecified atom stereocenters. The van der Waals surface area contributed by atoms with Crippen molar-refractivity contribution in [2.75, 3.05) is 13.1 Å². The molecule has 0 atom stereocenters. The lowest BCUT2D eigenvalue weighted by molar-refractivity contribution is 0.0599. The van der Waals surface area contributed by atoms with E-state index in [-0.39, 0.29) is 11.5 Å². The SMILES string of the molecule is N#CCC1CC(CC#N)(n2cc(-c3nc(C4CNNC4)cc4ncccc34)cn2)C1. The first-order valence-electron chi connectivity index (χ1n) is 10.2. The van der Waals surface area contributed by atoms with E-state index in [1.165, 1.54) is 0 Å². The quantitative estimate of drug-likeness (QED) is 0.679. The second-order valence-corrected chi connectivity index (χ2v) is 8.29. The van der Waals surface area contributed by atoms with Crippen LogP contribution in [0.1, 0.15) is 37.3 Å². The molecule has 30 heavy (non-hydrogen) atoms. The highest BCUT2D eigenvalue weighted by Gasteiger charge is 2.46. The molecule has 1 saturated carbocycles. The fourth-order valence-corrected chi connectivity index (χ4v) is 4.75. The van der Waals surface area contributed by atoms with Gasteiger partial charge in [0.05, 0.1) is 41.5 Å². The van der Waals surface area contributed by atoms with Gasteiger partial charge in [0.2, 0.25) is 0 Å². The van der Waals surface area contributed by atoms with E-state index in [9.17, 15) is 5.26 Å². The molecule has 8 nitrogen and oxygen atoms in total. The first-order valence-corrected chi connectivity index (χ1v) is 10.2. The average Bonchev–Trinajstić information content (AvgIpc) is 3.44. The Morgan fingerprint density at radius 3 is 2.80 bits per heavy atom. The lowest BCUT2D eigenvalue weighted by Crippen LogP contribution is -2.46. The summed E-state index contributed by atoms with van der Waals surface area (Å²) in [5, 5.41) is 24.0. The number of rotatable bonds is 5. The molecular formula is C22H22N8. The third-order valence-corrected chi connectivity index (χ3v) is 6.33. The van der Waals surface area contributed by atoms with Gasteiger partial charge in [-0.2, -0.15) is 15.6 Å². The zero-order valence-electron chi connectivity index (χ0n) is 16.5. The van der Waals surface area contributed by atoms with Gasteiger partial charge < -0.3 is 0 Å². The van der Waals surface area contributed by atoms with Crippen LogP contribution in [0, 0.1) is 28.6 Å². The maximum absolute atomic E-state index is 9.38. The second kappa shape index (κ2) is 7.49. The molecule has 2 aliphatic rings. The maximum Gasteiger partial charge on any atom is 0.0830 e. The molecule has 1 aliphatic heterocycles. The molecule has 3 aromatic heterocycles. The zero-order chi connectivity index (χ0) is 20.6. The van der Waals surface area contributed by atoms with Gasteiger partial charge in [0.25, 0.3) is 0 Å². The monoisotopic (exact) mass is 398 g/mol. The van der Waals surface area contributed by atoms with Crippen molar-refractivity contribution >= 4 is 10.9 Å². The Balaban J connectivity index is 1.54. The van der Waals surface area contributed by atoms with Gasteiger partial charge in [-0.25, -0.2) is 0 Å². The summed E-state index contributed by atoms with van der Waals surface area (Å²) in [4.78, 5) is 9.56. The Morgan fingerprint density at radius 1 is 1.20 bits per heavy atom. The van der Waals surface area contributed by atoms with Crippen molar-refractivity contribution in [2.45, 2.75) is 37.1 Å². The van der Waals surface area contributed by atoms with E-state index in [4.69, 9.17) is 10.2 Å². The van der Waals surface area contributed by atoms with E-state index >= 15 is 0 Å². The lowest BCUT2D eigenvalue weighted by Gasteiger charge is -2.45. The first kappa shape index (κ1) is 18.7. The molecule has 2 fully saturated rings. The molecule has 0 bridgehead atoms. The highest BCUT2D eigenvalue weighted by atomic mass is 15.4. The van der Waals surface area contributed by atoms with Crippen molar-refractivity contribution in [1.82, 2.24) is 30.6 Å². The molecule has 0 amide bonds. The van der Waals surface area contributed by atoms with Crippen LogP contribution >= 0.6 is 0 Å². The number of fused-ring (bicyclic) bond motifs is 1. The third-order valence-electron chi connectivity index (χ3n) is 6.33. The number of hydrogen-bond donors (Lipinski definition) is 2. The predicted octanol–water partition coefficient (Wildman–Crippen LogP) is 2.62. The summed E-state index contributed by atoms with van der Waals surface area (Å²) in [6, 6.07) is 10.6. The Morgan fingerprint density at radius 2 is 2.03 bits per heavy atom. The molecule has 2 N–H and O–H groups in total. The predicted molar refractivity (Wildman–Crippen MR) is 111 cm³/mol. The fourth-order valence-electron chi connectivity index (χ4n) is 4.75. The molecule has 1 saturated heterocycles. The van der Waals surface area contributed by atoms with E-state index in [0.29, 0.717) is 18.8 Å². The topological polar surface area (TPSA) is 115 Å². The summed E-state index contributed by atoms with van der Waals surface area (Å²) in [5.74, 6) is 0.623. The highest BCUT2D eigenvalue weighted by Crippen LogP contribution is 2.48. The number of nitrogens with one attached hydrogen (secondary N) is 2. The number of hydrogen-bond acceptors (Lipinski definition) is 7. The van der Waals surface area contributed by atoms with Gasteiger partial charge in [0, 0.05) is 54.5 Å². The van der Waals surface area contributed by atoms with E-state index in [2.05, 4.69) is 39.1 Å². The minimum atomic E-state index is -0.320. The van der Waals surface area contributed by atoms with Crippen LogP contribution in [0.3, 0.4) is 0 Å². The Labute approximate surface area is 174 Å². The van der Waals surface area contributed by atoms with Gasteiger partial charge >= 0.3 is 0 Å². The van der Waals surface area contributed by atoms with Gasteiger partial charge in [-0.1, -0.05) is 0 Å². The van der Waals surface area contributed by atoms with Crippen LogP contribution in [0.4, 0.5) is 0 Å². The third kappa shape index (κ3) is 3.11. The summed E-state index contributed by atoms with van der Waals surface area (Å²) in [6.07, 6.45) is 8.19. The normalized spacial score (nSPS) is 23.7. The highest BCUT2D eigenvalue weighted by molar-refractivity contribution is 5.92. The summed E-state index contributed by atoms with van der Waals surface area (Å²) in [6.45, 7) is 1.66. The van der Waals surface area contributed by atoms with Gasteiger partial charge in [-0.15, -0.1) is 0 Å².